The lowest BCUT2D eigenvalue weighted by atomic mass is 10.3. The fourth-order valence-corrected chi connectivity index (χ4v) is 1.34. The third kappa shape index (κ3) is 2.59. The van der Waals surface area contributed by atoms with Gasteiger partial charge in [0.2, 0.25) is 5.88 Å². The average molecular weight is 259 g/mol. The van der Waals surface area contributed by atoms with Crippen LogP contribution in [0.25, 0.3) is 0 Å². The van der Waals surface area contributed by atoms with Crippen LogP contribution in [0.15, 0.2) is 30.6 Å². The summed E-state index contributed by atoms with van der Waals surface area (Å²) in [4.78, 5) is 7.53. The molecule has 0 bridgehead atoms. The number of hydrogen-bond acceptors (Lipinski definition) is 3. The van der Waals surface area contributed by atoms with Crippen LogP contribution in [-0.4, -0.2) is 9.97 Å². The van der Waals surface area contributed by atoms with Gasteiger partial charge < -0.3 is 4.74 Å². The van der Waals surface area contributed by atoms with E-state index in [9.17, 15) is 4.39 Å². The molecule has 2 aromatic rings. The summed E-state index contributed by atoms with van der Waals surface area (Å²) >= 11 is 11.2. The van der Waals surface area contributed by atoms with Crippen LogP contribution in [0.1, 0.15) is 0 Å². The highest BCUT2D eigenvalue weighted by Crippen LogP contribution is 2.25. The lowest BCUT2D eigenvalue weighted by Gasteiger charge is -2.04. The highest BCUT2D eigenvalue weighted by Gasteiger charge is 2.04. The summed E-state index contributed by atoms with van der Waals surface area (Å²) in [6, 6.07) is 5.45. The van der Waals surface area contributed by atoms with Crippen LogP contribution < -0.4 is 4.74 Å². The topological polar surface area (TPSA) is 35.0 Å². The van der Waals surface area contributed by atoms with Crippen molar-refractivity contribution in [2.24, 2.45) is 0 Å². The Hall–Kier alpha value is -1.39. The number of halogens is 3. The minimum Gasteiger partial charge on any atom is -0.439 e. The van der Waals surface area contributed by atoms with Gasteiger partial charge in [0.1, 0.15) is 23.0 Å². The Balaban J connectivity index is 2.24. The van der Waals surface area contributed by atoms with Gasteiger partial charge in [0, 0.05) is 12.1 Å². The quantitative estimate of drug-likeness (QED) is 0.771. The van der Waals surface area contributed by atoms with Crippen molar-refractivity contribution in [3.05, 3.63) is 46.6 Å². The van der Waals surface area contributed by atoms with E-state index in [4.69, 9.17) is 27.9 Å². The Morgan fingerprint density at radius 3 is 2.62 bits per heavy atom. The summed E-state index contributed by atoms with van der Waals surface area (Å²) in [6.45, 7) is 0. The SMILES string of the molecule is Fc1ccc(Oc2cc(Cl)ncn2)cc1Cl. The van der Waals surface area contributed by atoms with Gasteiger partial charge in [0.05, 0.1) is 5.02 Å². The Labute approximate surface area is 101 Å². The first kappa shape index (κ1) is 11.1. The molecule has 0 amide bonds. The standard InChI is InChI=1S/C10H5Cl2FN2O/c11-7-3-6(1-2-8(7)13)16-10-4-9(12)14-5-15-10/h1-5H. The molecule has 0 aliphatic carbocycles. The highest BCUT2D eigenvalue weighted by molar-refractivity contribution is 6.30. The zero-order valence-corrected chi connectivity index (χ0v) is 9.34. The van der Waals surface area contributed by atoms with E-state index in [1.54, 1.807) is 0 Å². The van der Waals surface area contributed by atoms with E-state index in [2.05, 4.69) is 9.97 Å². The van der Waals surface area contributed by atoms with Crippen LogP contribution in [0.2, 0.25) is 10.2 Å². The molecule has 2 rings (SSSR count). The van der Waals surface area contributed by atoms with Gasteiger partial charge in [0.25, 0.3) is 0 Å². The Kier molecular flexibility index (Phi) is 3.22. The van der Waals surface area contributed by atoms with E-state index >= 15 is 0 Å². The largest absolute Gasteiger partial charge is 0.439 e. The molecule has 3 nitrogen and oxygen atoms in total. The summed E-state index contributed by atoms with van der Waals surface area (Å²) in [7, 11) is 0. The molecular formula is C10H5Cl2FN2O. The third-order valence-electron chi connectivity index (χ3n) is 1.72. The lowest BCUT2D eigenvalue weighted by molar-refractivity contribution is 0.460. The molecule has 0 N–H and O–H groups in total. The number of ether oxygens (including phenoxy) is 1. The molecule has 0 aliphatic rings. The first-order chi connectivity index (χ1) is 7.65. The molecule has 0 spiro atoms. The number of aromatic nitrogens is 2. The first-order valence-electron chi connectivity index (χ1n) is 4.25. The lowest BCUT2D eigenvalue weighted by Crippen LogP contribution is -1.89. The molecule has 1 aromatic carbocycles. The average Bonchev–Trinajstić information content (AvgIpc) is 2.24. The van der Waals surface area contributed by atoms with Crippen LogP contribution in [0.3, 0.4) is 0 Å². The molecule has 1 heterocycles. The van der Waals surface area contributed by atoms with Gasteiger partial charge in [-0.15, -0.1) is 0 Å². The second-order valence-electron chi connectivity index (χ2n) is 2.86. The van der Waals surface area contributed by atoms with Gasteiger partial charge in [-0.05, 0) is 12.1 Å². The number of rotatable bonds is 2. The maximum atomic E-state index is 12.9. The fraction of sp³-hybridized carbons (Fsp3) is 0. The van der Waals surface area contributed by atoms with Crippen LogP contribution >= 0.6 is 23.2 Å². The van der Waals surface area contributed by atoms with Crippen molar-refractivity contribution in [3.8, 4) is 11.6 Å². The fourth-order valence-electron chi connectivity index (χ4n) is 1.03. The second kappa shape index (κ2) is 4.63. The van der Waals surface area contributed by atoms with Crippen LogP contribution in [0.5, 0.6) is 11.6 Å². The smallest absolute Gasteiger partial charge is 0.223 e. The van der Waals surface area contributed by atoms with Gasteiger partial charge in [-0.2, -0.15) is 0 Å². The number of hydrogen-bond donors (Lipinski definition) is 0. The first-order valence-corrected chi connectivity index (χ1v) is 5.01. The molecule has 0 radical (unpaired) electrons. The molecule has 0 aliphatic heterocycles. The van der Waals surface area contributed by atoms with E-state index in [0.29, 0.717) is 5.75 Å². The van der Waals surface area contributed by atoms with Crippen molar-refractivity contribution in [1.82, 2.24) is 9.97 Å². The molecule has 0 unspecified atom stereocenters. The maximum Gasteiger partial charge on any atom is 0.223 e. The number of nitrogens with zero attached hydrogens (tertiary/aromatic N) is 2. The minimum atomic E-state index is -0.505. The zero-order valence-electron chi connectivity index (χ0n) is 7.82. The molecule has 0 saturated carbocycles. The molecule has 0 fully saturated rings. The van der Waals surface area contributed by atoms with Crippen molar-refractivity contribution in [2.75, 3.05) is 0 Å². The Morgan fingerprint density at radius 1 is 1.12 bits per heavy atom. The van der Waals surface area contributed by atoms with E-state index in [0.717, 1.165) is 0 Å². The summed E-state index contributed by atoms with van der Waals surface area (Å²) < 4.78 is 18.2. The zero-order chi connectivity index (χ0) is 11.5. The molecule has 1 aromatic heterocycles. The van der Waals surface area contributed by atoms with Crippen molar-refractivity contribution in [1.29, 1.82) is 0 Å². The van der Waals surface area contributed by atoms with Crippen LogP contribution in [0.4, 0.5) is 4.39 Å². The van der Waals surface area contributed by atoms with E-state index in [1.807, 2.05) is 0 Å². The second-order valence-corrected chi connectivity index (χ2v) is 3.65. The molecule has 0 atom stereocenters. The van der Waals surface area contributed by atoms with Crippen molar-refractivity contribution < 1.29 is 9.13 Å². The van der Waals surface area contributed by atoms with Crippen LogP contribution in [0, 0.1) is 5.82 Å². The Bertz CT molecular complexity index is 522. The van der Waals surface area contributed by atoms with Crippen molar-refractivity contribution in [3.63, 3.8) is 0 Å². The molecule has 82 valence electrons. The predicted molar refractivity (Wildman–Crippen MR) is 58.5 cm³/mol. The molecule has 6 heteroatoms. The van der Waals surface area contributed by atoms with E-state index in [-0.39, 0.29) is 16.1 Å². The molecular weight excluding hydrogens is 254 g/mol. The van der Waals surface area contributed by atoms with Crippen LogP contribution in [-0.2, 0) is 0 Å². The molecule has 0 saturated heterocycles. The minimum absolute atomic E-state index is 0.0161. The maximum absolute atomic E-state index is 12.9. The summed E-state index contributed by atoms with van der Waals surface area (Å²) in [6.07, 6.45) is 1.27. The van der Waals surface area contributed by atoms with Crippen molar-refractivity contribution >= 4 is 23.2 Å². The normalized spacial score (nSPS) is 10.2. The van der Waals surface area contributed by atoms with Gasteiger partial charge in [-0.25, -0.2) is 14.4 Å². The third-order valence-corrected chi connectivity index (χ3v) is 2.22. The Morgan fingerprint density at radius 2 is 1.94 bits per heavy atom. The highest BCUT2D eigenvalue weighted by atomic mass is 35.5. The van der Waals surface area contributed by atoms with Gasteiger partial charge in [-0.3, -0.25) is 0 Å². The van der Waals surface area contributed by atoms with Gasteiger partial charge in [-0.1, -0.05) is 23.2 Å². The summed E-state index contributed by atoms with van der Waals surface area (Å²) in [5, 5.41) is 0.246. The van der Waals surface area contributed by atoms with Gasteiger partial charge >= 0.3 is 0 Å². The molecule has 16 heavy (non-hydrogen) atoms. The summed E-state index contributed by atoms with van der Waals surface area (Å²) in [5.41, 5.74) is 0. The monoisotopic (exact) mass is 258 g/mol. The van der Waals surface area contributed by atoms with Gasteiger partial charge in [0.15, 0.2) is 0 Å². The predicted octanol–water partition coefficient (Wildman–Crippen LogP) is 3.71. The van der Waals surface area contributed by atoms with Crippen molar-refractivity contribution in [2.45, 2.75) is 0 Å². The van der Waals surface area contributed by atoms with E-state index in [1.165, 1.54) is 30.6 Å². The number of benzene rings is 1. The summed E-state index contributed by atoms with van der Waals surface area (Å²) in [5.74, 6) is 0.138. The van der Waals surface area contributed by atoms with E-state index < -0.39 is 5.82 Å².